The van der Waals surface area contributed by atoms with Crippen LogP contribution in [0.4, 0.5) is 0 Å². The molecule has 1 aromatic carbocycles. The van der Waals surface area contributed by atoms with Crippen LogP contribution in [0.5, 0.6) is 0 Å². The highest BCUT2D eigenvalue weighted by molar-refractivity contribution is 7.80. The van der Waals surface area contributed by atoms with E-state index in [9.17, 15) is 0 Å². The maximum absolute atomic E-state index is 5.24. The molecule has 0 bridgehead atoms. The van der Waals surface area contributed by atoms with Gasteiger partial charge in [-0.15, -0.1) is 0 Å². The van der Waals surface area contributed by atoms with Gasteiger partial charge in [0.15, 0.2) is 10.2 Å². The van der Waals surface area contributed by atoms with Crippen LogP contribution >= 0.6 is 24.4 Å². The molecule has 5 nitrogen and oxygen atoms in total. The first kappa shape index (κ1) is 18.6. The van der Waals surface area contributed by atoms with Crippen molar-refractivity contribution in [3.8, 4) is 0 Å². The second kappa shape index (κ2) is 12.1. The van der Waals surface area contributed by atoms with Crippen LogP contribution in [-0.4, -0.2) is 36.5 Å². The summed E-state index contributed by atoms with van der Waals surface area (Å²) in [4.78, 5) is 0. The molecule has 1 rings (SSSR count). The fourth-order valence-electron chi connectivity index (χ4n) is 1.69. The summed E-state index contributed by atoms with van der Waals surface area (Å²) in [6.45, 7) is 5.00. The fourth-order valence-corrected chi connectivity index (χ4v) is 1.99. The van der Waals surface area contributed by atoms with E-state index in [0.29, 0.717) is 10.2 Å². The van der Waals surface area contributed by atoms with Gasteiger partial charge in [-0.3, -0.25) is 10.9 Å². The van der Waals surface area contributed by atoms with Gasteiger partial charge in [0, 0.05) is 26.3 Å². The number of rotatable bonds is 8. The third-order valence-corrected chi connectivity index (χ3v) is 3.28. The second-order valence-electron chi connectivity index (χ2n) is 4.55. The minimum atomic E-state index is 0.517. The van der Waals surface area contributed by atoms with Crippen molar-refractivity contribution in [2.24, 2.45) is 0 Å². The summed E-state index contributed by atoms with van der Waals surface area (Å²) < 4.78 is 5.24. The number of benzene rings is 1. The van der Waals surface area contributed by atoms with Gasteiger partial charge in [0.25, 0.3) is 0 Å². The quantitative estimate of drug-likeness (QED) is 0.325. The Morgan fingerprint density at radius 3 is 2.27 bits per heavy atom. The van der Waals surface area contributed by atoms with E-state index in [1.807, 2.05) is 25.1 Å². The molecule has 0 radical (unpaired) electrons. The van der Waals surface area contributed by atoms with Crippen molar-refractivity contribution in [3.63, 3.8) is 0 Å². The van der Waals surface area contributed by atoms with Gasteiger partial charge in [-0.2, -0.15) is 0 Å². The summed E-state index contributed by atoms with van der Waals surface area (Å²) in [6, 6.07) is 10.3. The van der Waals surface area contributed by atoms with Crippen LogP contribution in [0.3, 0.4) is 0 Å². The van der Waals surface area contributed by atoms with E-state index in [2.05, 4.69) is 33.6 Å². The van der Waals surface area contributed by atoms with Crippen molar-refractivity contribution in [1.82, 2.24) is 21.5 Å². The Bertz CT molecular complexity index is 442. The van der Waals surface area contributed by atoms with E-state index in [4.69, 9.17) is 29.2 Å². The predicted molar refractivity (Wildman–Crippen MR) is 98.7 cm³/mol. The molecule has 1 aromatic rings. The molecule has 0 heterocycles. The van der Waals surface area contributed by atoms with E-state index in [1.54, 1.807) is 0 Å². The summed E-state index contributed by atoms with van der Waals surface area (Å²) in [5.74, 6) is 0. The van der Waals surface area contributed by atoms with Gasteiger partial charge in [0.2, 0.25) is 0 Å². The van der Waals surface area contributed by atoms with Crippen molar-refractivity contribution < 1.29 is 4.74 Å². The minimum absolute atomic E-state index is 0.517. The van der Waals surface area contributed by atoms with E-state index in [0.717, 1.165) is 39.1 Å². The summed E-state index contributed by atoms with van der Waals surface area (Å²) in [7, 11) is 0. The lowest BCUT2D eigenvalue weighted by molar-refractivity contribution is 0.145. The highest BCUT2D eigenvalue weighted by atomic mass is 32.1. The first-order valence-corrected chi connectivity index (χ1v) is 8.23. The molecule has 0 saturated carbocycles. The molecule has 0 fully saturated rings. The number of hydrogen-bond donors (Lipinski definition) is 4. The third-order valence-electron chi connectivity index (χ3n) is 2.79. The Balaban J connectivity index is 2.01. The summed E-state index contributed by atoms with van der Waals surface area (Å²) in [6.07, 6.45) is 1.83. The first-order valence-electron chi connectivity index (χ1n) is 7.41. The van der Waals surface area contributed by atoms with Gasteiger partial charge in [-0.1, -0.05) is 30.3 Å². The van der Waals surface area contributed by atoms with Crippen LogP contribution in [0.25, 0.3) is 0 Å². The largest absolute Gasteiger partial charge is 0.382 e. The minimum Gasteiger partial charge on any atom is -0.382 e. The van der Waals surface area contributed by atoms with Gasteiger partial charge in [-0.25, -0.2) is 0 Å². The molecule has 22 heavy (non-hydrogen) atoms. The SMILES string of the molecule is CCOCCCNC(=S)NNC(=S)NCCc1ccccc1. The lowest BCUT2D eigenvalue weighted by Gasteiger charge is -2.14. The van der Waals surface area contributed by atoms with Crippen LogP contribution < -0.4 is 21.5 Å². The van der Waals surface area contributed by atoms with Crippen molar-refractivity contribution in [2.75, 3.05) is 26.3 Å². The highest BCUT2D eigenvalue weighted by Gasteiger charge is 1.98. The lowest BCUT2D eigenvalue weighted by Crippen LogP contribution is -2.50. The van der Waals surface area contributed by atoms with E-state index >= 15 is 0 Å². The fraction of sp³-hybridized carbons (Fsp3) is 0.467. The van der Waals surface area contributed by atoms with Crippen molar-refractivity contribution in [2.45, 2.75) is 19.8 Å². The molecular formula is C15H24N4OS2. The van der Waals surface area contributed by atoms with Gasteiger partial charge in [-0.05, 0) is 49.8 Å². The monoisotopic (exact) mass is 340 g/mol. The maximum Gasteiger partial charge on any atom is 0.185 e. The Morgan fingerprint density at radius 2 is 1.64 bits per heavy atom. The highest BCUT2D eigenvalue weighted by Crippen LogP contribution is 1.97. The van der Waals surface area contributed by atoms with Crippen LogP contribution in [0.1, 0.15) is 18.9 Å². The second-order valence-corrected chi connectivity index (χ2v) is 5.36. The summed E-state index contributed by atoms with van der Waals surface area (Å²) in [5.41, 5.74) is 6.98. The van der Waals surface area contributed by atoms with E-state index in [1.165, 1.54) is 5.56 Å². The Morgan fingerprint density at radius 1 is 1.00 bits per heavy atom. The average Bonchev–Trinajstić information content (AvgIpc) is 2.54. The number of nitrogens with one attached hydrogen (secondary N) is 4. The summed E-state index contributed by atoms with van der Waals surface area (Å²) >= 11 is 10.3. The molecule has 0 aromatic heterocycles. The number of hydrazine groups is 1. The molecule has 0 unspecified atom stereocenters. The Hall–Kier alpha value is -1.44. The molecule has 0 aliphatic rings. The van der Waals surface area contributed by atoms with Crippen LogP contribution in [0.15, 0.2) is 30.3 Å². The van der Waals surface area contributed by atoms with E-state index < -0.39 is 0 Å². The summed E-state index contributed by atoms with van der Waals surface area (Å²) in [5, 5.41) is 7.23. The molecule has 0 saturated heterocycles. The van der Waals surface area contributed by atoms with Gasteiger partial charge in [0.05, 0.1) is 0 Å². The zero-order valence-corrected chi connectivity index (χ0v) is 14.5. The molecule has 0 aliphatic heterocycles. The Kier molecular flexibility index (Phi) is 10.3. The van der Waals surface area contributed by atoms with Crippen molar-refractivity contribution in [3.05, 3.63) is 35.9 Å². The van der Waals surface area contributed by atoms with Crippen LogP contribution in [-0.2, 0) is 11.2 Å². The predicted octanol–water partition coefficient (Wildman–Crippen LogP) is 1.50. The Labute approximate surface area is 143 Å². The number of hydrogen-bond acceptors (Lipinski definition) is 3. The number of thiocarbonyl (C=S) groups is 2. The molecule has 0 atom stereocenters. The molecule has 0 aliphatic carbocycles. The van der Waals surface area contributed by atoms with Gasteiger partial charge < -0.3 is 15.4 Å². The van der Waals surface area contributed by atoms with Crippen molar-refractivity contribution in [1.29, 1.82) is 0 Å². The van der Waals surface area contributed by atoms with Crippen molar-refractivity contribution >= 4 is 34.7 Å². The zero-order valence-electron chi connectivity index (χ0n) is 12.9. The smallest absolute Gasteiger partial charge is 0.185 e. The normalized spacial score (nSPS) is 9.86. The van der Waals surface area contributed by atoms with Crippen LogP contribution in [0, 0.1) is 0 Å². The van der Waals surface area contributed by atoms with E-state index in [-0.39, 0.29) is 0 Å². The topological polar surface area (TPSA) is 57.4 Å². The first-order chi connectivity index (χ1) is 10.7. The number of ether oxygens (including phenoxy) is 1. The molecule has 0 spiro atoms. The standard InChI is InChI=1S/C15H24N4OS2/c1-2-20-12-6-10-16-14(21)18-19-15(22)17-11-9-13-7-4-3-5-8-13/h3-5,7-8H,2,6,9-12H2,1H3,(H2,16,18,21)(H2,17,19,22). The molecular weight excluding hydrogens is 316 g/mol. The van der Waals surface area contributed by atoms with Gasteiger partial charge in [0.1, 0.15) is 0 Å². The average molecular weight is 341 g/mol. The lowest BCUT2D eigenvalue weighted by atomic mass is 10.1. The zero-order chi connectivity index (χ0) is 16.0. The molecule has 0 amide bonds. The van der Waals surface area contributed by atoms with Crippen LogP contribution in [0.2, 0.25) is 0 Å². The molecule has 4 N–H and O–H groups in total. The van der Waals surface area contributed by atoms with Gasteiger partial charge >= 0.3 is 0 Å². The maximum atomic E-state index is 5.24. The third kappa shape index (κ3) is 9.49. The molecule has 7 heteroatoms. The molecule has 122 valence electrons.